The Morgan fingerprint density at radius 2 is 1.83 bits per heavy atom. The molecule has 0 spiro atoms. The number of anilines is 3. The van der Waals surface area contributed by atoms with E-state index in [-0.39, 0.29) is 0 Å². The van der Waals surface area contributed by atoms with Crippen molar-refractivity contribution in [1.82, 2.24) is 0 Å². The molecule has 0 heterocycles. The maximum Gasteiger partial charge on any atom is 0.122 e. The van der Waals surface area contributed by atoms with Gasteiger partial charge in [0.15, 0.2) is 0 Å². The molecule has 0 amide bonds. The van der Waals surface area contributed by atoms with E-state index < -0.39 is 0 Å². The lowest BCUT2D eigenvalue weighted by molar-refractivity contribution is 0.415. The standard InChI is InChI=1S/C13H12Br2N2O/c1-18-11-5-9(15)4-10(7-11)17-13-6-8(14)2-3-12(13)16/h2-7,17H,16H2,1H3. The Hall–Kier alpha value is -1.20. The summed E-state index contributed by atoms with van der Waals surface area (Å²) in [6.45, 7) is 0. The summed E-state index contributed by atoms with van der Waals surface area (Å²) in [7, 11) is 1.64. The summed E-state index contributed by atoms with van der Waals surface area (Å²) in [6.07, 6.45) is 0. The van der Waals surface area contributed by atoms with E-state index in [2.05, 4.69) is 37.2 Å². The molecule has 0 saturated carbocycles. The van der Waals surface area contributed by atoms with Crippen LogP contribution in [0.15, 0.2) is 45.3 Å². The van der Waals surface area contributed by atoms with Gasteiger partial charge in [0.1, 0.15) is 5.75 Å². The lowest BCUT2D eigenvalue weighted by Crippen LogP contribution is -1.96. The Kier molecular flexibility index (Phi) is 4.14. The number of hydrogen-bond acceptors (Lipinski definition) is 3. The van der Waals surface area contributed by atoms with Crippen LogP contribution in [0, 0.1) is 0 Å². The summed E-state index contributed by atoms with van der Waals surface area (Å²) in [5.74, 6) is 0.778. The van der Waals surface area contributed by atoms with Gasteiger partial charge in [-0.2, -0.15) is 0 Å². The van der Waals surface area contributed by atoms with Gasteiger partial charge in [0.05, 0.1) is 18.5 Å². The molecule has 0 saturated heterocycles. The summed E-state index contributed by atoms with van der Waals surface area (Å²) < 4.78 is 7.13. The molecule has 0 atom stereocenters. The molecule has 2 aromatic carbocycles. The molecule has 0 fully saturated rings. The molecular formula is C13H12Br2N2O. The average Bonchev–Trinajstić information content (AvgIpc) is 2.33. The van der Waals surface area contributed by atoms with Gasteiger partial charge in [-0.15, -0.1) is 0 Å². The van der Waals surface area contributed by atoms with Crippen LogP contribution in [-0.4, -0.2) is 7.11 Å². The summed E-state index contributed by atoms with van der Waals surface area (Å²) in [6, 6.07) is 11.5. The molecule has 0 aromatic heterocycles. The molecule has 94 valence electrons. The molecule has 3 N–H and O–H groups in total. The van der Waals surface area contributed by atoms with E-state index in [1.165, 1.54) is 0 Å². The summed E-state index contributed by atoms with van der Waals surface area (Å²) in [4.78, 5) is 0. The van der Waals surface area contributed by atoms with Crippen molar-refractivity contribution < 1.29 is 4.74 Å². The molecule has 0 aliphatic rings. The summed E-state index contributed by atoms with van der Waals surface area (Å²) in [5, 5.41) is 3.26. The van der Waals surface area contributed by atoms with Crippen molar-refractivity contribution >= 4 is 48.9 Å². The number of ether oxygens (including phenoxy) is 1. The van der Waals surface area contributed by atoms with E-state index in [1.54, 1.807) is 7.11 Å². The van der Waals surface area contributed by atoms with Gasteiger partial charge in [-0.1, -0.05) is 31.9 Å². The lowest BCUT2D eigenvalue weighted by Gasteiger charge is -2.11. The minimum atomic E-state index is 0.692. The van der Waals surface area contributed by atoms with Gasteiger partial charge in [-0.25, -0.2) is 0 Å². The smallest absolute Gasteiger partial charge is 0.122 e. The van der Waals surface area contributed by atoms with Crippen molar-refractivity contribution in [1.29, 1.82) is 0 Å². The first kappa shape index (κ1) is 13.2. The lowest BCUT2D eigenvalue weighted by atomic mass is 10.2. The molecule has 0 aliphatic heterocycles. The number of nitrogen functional groups attached to an aromatic ring is 1. The predicted octanol–water partition coefficient (Wildman–Crippen LogP) is 4.55. The second-order valence-electron chi connectivity index (χ2n) is 3.74. The van der Waals surface area contributed by atoms with Crippen LogP contribution in [0.4, 0.5) is 17.1 Å². The van der Waals surface area contributed by atoms with Gasteiger partial charge < -0.3 is 15.8 Å². The van der Waals surface area contributed by atoms with E-state index >= 15 is 0 Å². The number of benzene rings is 2. The Morgan fingerprint density at radius 3 is 2.56 bits per heavy atom. The highest BCUT2D eigenvalue weighted by molar-refractivity contribution is 9.10. The van der Waals surface area contributed by atoms with Gasteiger partial charge >= 0.3 is 0 Å². The second-order valence-corrected chi connectivity index (χ2v) is 5.57. The molecule has 0 aliphatic carbocycles. The molecule has 2 rings (SSSR count). The van der Waals surface area contributed by atoms with Crippen LogP contribution in [0.2, 0.25) is 0 Å². The van der Waals surface area contributed by atoms with Crippen LogP contribution < -0.4 is 15.8 Å². The SMILES string of the molecule is COc1cc(Br)cc(Nc2cc(Br)ccc2N)c1. The number of halogens is 2. The molecule has 3 nitrogen and oxygen atoms in total. The van der Waals surface area contributed by atoms with E-state index in [9.17, 15) is 0 Å². The average molecular weight is 372 g/mol. The van der Waals surface area contributed by atoms with E-state index in [1.807, 2.05) is 36.4 Å². The van der Waals surface area contributed by atoms with Crippen LogP contribution in [0.5, 0.6) is 5.75 Å². The predicted molar refractivity (Wildman–Crippen MR) is 82.5 cm³/mol. The Morgan fingerprint density at radius 1 is 1.06 bits per heavy atom. The number of rotatable bonds is 3. The molecule has 0 radical (unpaired) electrons. The fraction of sp³-hybridized carbons (Fsp3) is 0.0769. The fourth-order valence-corrected chi connectivity index (χ4v) is 2.38. The summed E-state index contributed by atoms with van der Waals surface area (Å²) >= 11 is 6.86. The first-order chi connectivity index (χ1) is 8.58. The van der Waals surface area contributed by atoms with Crippen LogP contribution in [0.25, 0.3) is 0 Å². The Balaban J connectivity index is 2.33. The van der Waals surface area contributed by atoms with Crippen molar-refractivity contribution in [2.24, 2.45) is 0 Å². The zero-order valence-corrected chi connectivity index (χ0v) is 12.9. The third-order valence-corrected chi connectivity index (χ3v) is 3.35. The van der Waals surface area contributed by atoms with Crippen LogP contribution in [-0.2, 0) is 0 Å². The van der Waals surface area contributed by atoms with Crippen molar-refractivity contribution in [3.05, 3.63) is 45.3 Å². The summed E-state index contributed by atoms with van der Waals surface area (Å²) in [5.41, 5.74) is 8.37. The van der Waals surface area contributed by atoms with Crippen LogP contribution >= 0.6 is 31.9 Å². The highest BCUT2D eigenvalue weighted by Gasteiger charge is 2.03. The highest BCUT2D eigenvalue weighted by atomic mass is 79.9. The molecule has 18 heavy (non-hydrogen) atoms. The van der Waals surface area contributed by atoms with Gasteiger partial charge in [-0.3, -0.25) is 0 Å². The van der Waals surface area contributed by atoms with Gasteiger partial charge in [0.2, 0.25) is 0 Å². The largest absolute Gasteiger partial charge is 0.497 e. The van der Waals surface area contributed by atoms with Crippen molar-refractivity contribution in [3.63, 3.8) is 0 Å². The first-order valence-electron chi connectivity index (χ1n) is 5.25. The Bertz CT molecular complexity index is 573. The number of nitrogens with one attached hydrogen (secondary N) is 1. The second kappa shape index (κ2) is 5.63. The quantitative estimate of drug-likeness (QED) is 0.778. The van der Waals surface area contributed by atoms with Crippen molar-refractivity contribution in [2.45, 2.75) is 0 Å². The van der Waals surface area contributed by atoms with E-state index in [0.29, 0.717) is 5.69 Å². The maximum atomic E-state index is 5.92. The van der Waals surface area contributed by atoms with E-state index in [4.69, 9.17) is 10.5 Å². The number of methoxy groups -OCH3 is 1. The molecule has 5 heteroatoms. The highest BCUT2D eigenvalue weighted by Crippen LogP contribution is 2.30. The Labute approximate surface area is 123 Å². The molecule has 2 aromatic rings. The zero-order valence-electron chi connectivity index (χ0n) is 9.71. The molecule has 0 unspecified atom stereocenters. The minimum absolute atomic E-state index is 0.692. The molecular weight excluding hydrogens is 360 g/mol. The van der Waals surface area contributed by atoms with Gasteiger partial charge in [-0.05, 0) is 30.3 Å². The number of nitrogens with two attached hydrogens (primary N) is 1. The monoisotopic (exact) mass is 370 g/mol. The fourth-order valence-electron chi connectivity index (χ4n) is 1.54. The van der Waals surface area contributed by atoms with Crippen molar-refractivity contribution in [2.75, 3.05) is 18.2 Å². The van der Waals surface area contributed by atoms with Gasteiger partial charge in [0.25, 0.3) is 0 Å². The van der Waals surface area contributed by atoms with Crippen LogP contribution in [0.3, 0.4) is 0 Å². The normalized spacial score (nSPS) is 10.2. The van der Waals surface area contributed by atoms with Gasteiger partial charge in [0, 0.05) is 20.7 Å². The third-order valence-electron chi connectivity index (χ3n) is 2.40. The van der Waals surface area contributed by atoms with E-state index in [0.717, 1.165) is 26.1 Å². The van der Waals surface area contributed by atoms with Crippen LogP contribution in [0.1, 0.15) is 0 Å². The maximum absolute atomic E-state index is 5.92. The minimum Gasteiger partial charge on any atom is -0.497 e. The van der Waals surface area contributed by atoms with Crippen molar-refractivity contribution in [3.8, 4) is 5.75 Å². The number of hydrogen-bond donors (Lipinski definition) is 2. The first-order valence-corrected chi connectivity index (χ1v) is 6.84. The third kappa shape index (κ3) is 3.17. The topological polar surface area (TPSA) is 47.3 Å². The zero-order chi connectivity index (χ0) is 13.1. The molecule has 0 bridgehead atoms.